The number of thiazole rings is 1. The molecule has 3 saturated heterocycles. The number of phenols is 1. The monoisotopic (exact) mass is 992 g/mol. The highest BCUT2D eigenvalue weighted by atomic mass is 32.1. The summed E-state index contributed by atoms with van der Waals surface area (Å²) < 4.78 is 22.8. The number of para-hydroxylation sites is 1. The smallest absolute Gasteiger partial charge is 0.246 e. The number of nitrogen functional groups attached to an aromatic ring is 1. The Labute approximate surface area is 417 Å². The molecule has 8 rings (SSSR count). The molecule has 2 bridgehead atoms. The minimum atomic E-state index is -0.971. The summed E-state index contributed by atoms with van der Waals surface area (Å²) in [4.78, 5) is 56.3. The highest BCUT2D eigenvalue weighted by Crippen LogP contribution is 2.39. The number of phenolic OH excluding ortho intramolecular Hbond substituents is 1. The molecule has 3 aromatic heterocycles. The number of carbonyl (C=O) groups is 3. The standard InChI is InChI=1S/C51H64N10O9S/c1-32-46(71-31-55-32)34-11-9-33(10-12-34)26-54-49(65)42-24-38(62)29-60(42)50(66)47(51(2,3)4)56-44(64)30-69-20-19-67-17-18-68-21-22-70-45-23-35(15-16-53-45)61-36-13-14-37(61)28-59(27-36)41-25-40(57-58-48(41)52)39-7-5-6-8-43(39)63/h5-12,15-16,23,25,31,36-38,42,47,62-63H,13-14,17-22,24,26-30H2,1-4H3,(H2,52,58)(H,54,65)(H,56,64)/t36?,37?,38-,42+,47?/m1/s1. The number of aromatic hydroxyl groups is 1. The van der Waals surface area contributed by atoms with Crippen molar-refractivity contribution in [2.75, 3.05) is 81.4 Å². The van der Waals surface area contributed by atoms with Crippen molar-refractivity contribution in [2.45, 2.75) is 83.8 Å². The predicted molar refractivity (Wildman–Crippen MR) is 269 cm³/mol. The second-order valence-corrected chi connectivity index (χ2v) is 20.0. The Hall–Kier alpha value is -6.45. The maximum Gasteiger partial charge on any atom is 0.246 e. The maximum atomic E-state index is 14.0. The fourth-order valence-electron chi connectivity index (χ4n) is 9.42. The molecule has 6 N–H and O–H groups in total. The van der Waals surface area contributed by atoms with Gasteiger partial charge >= 0.3 is 0 Å². The molecule has 71 heavy (non-hydrogen) atoms. The predicted octanol–water partition coefficient (Wildman–Crippen LogP) is 4.35. The number of likely N-dealkylation sites (tertiary alicyclic amines) is 1. The van der Waals surface area contributed by atoms with Gasteiger partial charge in [0.1, 0.15) is 31.0 Å². The van der Waals surface area contributed by atoms with Gasteiger partial charge in [-0.2, -0.15) is 0 Å². The van der Waals surface area contributed by atoms with Crippen LogP contribution < -0.4 is 30.9 Å². The molecule has 3 unspecified atom stereocenters. The molecule has 3 aliphatic heterocycles. The Bertz CT molecular complexity index is 2600. The summed E-state index contributed by atoms with van der Waals surface area (Å²) in [5, 5.41) is 35.2. The summed E-state index contributed by atoms with van der Waals surface area (Å²) in [5.74, 6) is -0.299. The van der Waals surface area contributed by atoms with E-state index in [2.05, 4.69) is 40.6 Å². The fraction of sp³-hybridized carbons (Fsp3) is 0.471. The van der Waals surface area contributed by atoms with E-state index in [1.165, 1.54) is 4.90 Å². The van der Waals surface area contributed by atoms with Crippen LogP contribution in [-0.4, -0.2) is 149 Å². The molecular formula is C51H64N10O9S. The lowest BCUT2D eigenvalue weighted by Crippen LogP contribution is -2.58. The van der Waals surface area contributed by atoms with Gasteiger partial charge < -0.3 is 60.2 Å². The molecule has 5 atom stereocenters. The van der Waals surface area contributed by atoms with Crippen LogP contribution in [0.4, 0.5) is 17.2 Å². The maximum absolute atomic E-state index is 14.0. The Morgan fingerprint density at radius 1 is 0.887 bits per heavy atom. The van der Waals surface area contributed by atoms with Crippen molar-refractivity contribution in [1.29, 1.82) is 0 Å². The first-order chi connectivity index (χ1) is 34.2. The molecule has 3 fully saturated rings. The van der Waals surface area contributed by atoms with Crippen LogP contribution in [0.25, 0.3) is 21.7 Å². The molecule has 2 aromatic carbocycles. The van der Waals surface area contributed by atoms with Crippen LogP contribution >= 0.6 is 11.3 Å². The van der Waals surface area contributed by atoms with Gasteiger partial charge in [-0.05, 0) is 60.6 Å². The quantitative estimate of drug-likeness (QED) is 0.0642. The number of aromatic nitrogens is 4. The van der Waals surface area contributed by atoms with Gasteiger partial charge in [0.15, 0.2) is 5.82 Å². The molecule has 0 radical (unpaired) electrons. The second kappa shape index (κ2) is 23.2. The summed E-state index contributed by atoms with van der Waals surface area (Å²) in [5.41, 5.74) is 13.4. The number of nitrogens with two attached hydrogens (primary N) is 1. The van der Waals surface area contributed by atoms with Gasteiger partial charge in [-0.1, -0.05) is 57.2 Å². The van der Waals surface area contributed by atoms with Crippen LogP contribution in [0.5, 0.6) is 11.6 Å². The number of anilines is 3. The first-order valence-electron chi connectivity index (χ1n) is 24.1. The van der Waals surface area contributed by atoms with Gasteiger partial charge in [0.2, 0.25) is 23.6 Å². The van der Waals surface area contributed by atoms with E-state index in [0.717, 1.165) is 59.0 Å². The third kappa shape index (κ3) is 12.7. The van der Waals surface area contributed by atoms with E-state index in [1.54, 1.807) is 29.7 Å². The number of fused-ring (bicyclic) bond motifs is 2. The number of amides is 3. The molecule has 0 saturated carbocycles. The fourth-order valence-corrected chi connectivity index (χ4v) is 10.2. The molecule has 0 aliphatic carbocycles. The number of aliphatic hydroxyl groups is 1. The third-order valence-corrected chi connectivity index (χ3v) is 14.0. The number of aryl methyl sites for hydroxylation is 1. The average Bonchev–Trinajstić information content (AvgIpc) is 4.05. The Morgan fingerprint density at radius 2 is 1.59 bits per heavy atom. The van der Waals surface area contributed by atoms with Crippen LogP contribution in [-0.2, 0) is 35.1 Å². The van der Waals surface area contributed by atoms with Gasteiger partial charge in [-0.25, -0.2) is 9.97 Å². The minimum Gasteiger partial charge on any atom is -0.507 e. The lowest BCUT2D eigenvalue weighted by atomic mass is 9.85. The number of hydrogen-bond acceptors (Lipinski definition) is 17. The number of nitrogens with zero attached hydrogens (tertiary/aromatic N) is 7. The van der Waals surface area contributed by atoms with Crippen LogP contribution in [0.3, 0.4) is 0 Å². The van der Waals surface area contributed by atoms with Gasteiger partial charge in [-0.3, -0.25) is 14.4 Å². The van der Waals surface area contributed by atoms with Crippen molar-refractivity contribution in [3.8, 4) is 33.3 Å². The number of β-amino-alcohol motifs (C(OH)–C–C–N with tert-alkyl or cyclic N) is 1. The van der Waals surface area contributed by atoms with Gasteiger partial charge in [0.05, 0.1) is 66.6 Å². The van der Waals surface area contributed by atoms with E-state index in [-0.39, 0.29) is 63.1 Å². The molecule has 6 heterocycles. The highest BCUT2D eigenvalue weighted by molar-refractivity contribution is 7.13. The lowest BCUT2D eigenvalue weighted by Gasteiger charge is -2.43. The third-order valence-electron chi connectivity index (χ3n) is 13.0. The van der Waals surface area contributed by atoms with Crippen molar-refractivity contribution in [1.82, 2.24) is 35.7 Å². The lowest BCUT2D eigenvalue weighted by molar-refractivity contribution is -0.144. The normalized spacial score (nSPS) is 19.2. The van der Waals surface area contributed by atoms with E-state index < -0.39 is 35.4 Å². The van der Waals surface area contributed by atoms with E-state index in [9.17, 15) is 24.6 Å². The molecule has 378 valence electrons. The zero-order valence-corrected chi connectivity index (χ0v) is 41.5. The topological polar surface area (TPSA) is 240 Å². The van der Waals surface area contributed by atoms with E-state index in [0.29, 0.717) is 49.4 Å². The molecule has 19 nitrogen and oxygen atoms in total. The van der Waals surface area contributed by atoms with Crippen molar-refractivity contribution in [3.63, 3.8) is 0 Å². The number of nitrogens with one attached hydrogen (secondary N) is 2. The number of pyridine rings is 1. The summed E-state index contributed by atoms with van der Waals surface area (Å²) in [7, 11) is 0. The van der Waals surface area contributed by atoms with E-state index >= 15 is 0 Å². The molecule has 3 aliphatic rings. The first-order valence-corrected chi connectivity index (χ1v) is 24.9. The molecule has 20 heteroatoms. The summed E-state index contributed by atoms with van der Waals surface area (Å²) in [6.45, 7) is 10.6. The summed E-state index contributed by atoms with van der Waals surface area (Å²) >= 11 is 1.57. The van der Waals surface area contributed by atoms with Crippen LogP contribution in [0.2, 0.25) is 0 Å². The van der Waals surface area contributed by atoms with E-state index in [4.69, 9.17) is 24.7 Å². The van der Waals surface area contributed by atoms with Crippen LogP contribution in [0.1, 0.15) is 51.3 Å². The van der Waals surface area contributed by atoms with Crippen LogP contribution in [0.15, 0.2) is 78.4 Å². The van der Waals surface area contributed by atoms with Crippen molar-refractivity contribution >= 4 is 46.3 Å². The summed E-state index contributed by atoms with van der Waals surface area (Å²) in [6, 6.07) is 19.5. The SMILES string of the molecule is Cc1ncsc1-c1ccc(CNC(=O)[C@@H]2C[C@@H](O)CN2C(=O)C(NC(=O)COCCOCCOCCOc2cc(N3C4CCC3CN(c3cc(-c5ccccc5O)nnc3N)C4)ccn2)C(C)(C)C)cc1. The molecular weight excluding hydrogens is 929 g/mol. The van der Waals surface area contributed by atoms with E-state index in [1.807, 2.05) is 87.8 Å². The largest absolute Gasteiger partial charge is 0.507 e. The van der Waals surface area contributed by atoms with Crippen LogP contribution in [0, 0.1) is 12.3 Å². The second-order valence-electron chi connectivity index (χ2n) is 19.1. The Balaban J connectivity index is 0.704. The first kappa shape index (κ1) is 50.9. The average molecular weight is 993 g/mol. The van der Waals surface area contributed by atoms with Gasteiger partial charge in [-0.15, -0.1) is 21.5 Å². The van der Waals surface area contributed by atoms with Crippen molar-refractivity contribution < 1.29 is 43.5 Å². The number of rotatable bonds is 21. The van der Waals surface area contributed by atoms with Gasteiger partial charge in [0.25, 0.3) is 0 Å². The number of aliphatic hydroxyl groups excluding tert-OH is 1. The minimum absolute atomic E-state index is 0.0199. The Morgan fingerprint density at radius 3 is 2.28 bits per heavy atom. The zero-order chi connectivity index (χ0) is 50.1. The zero-order valence-electron chi connectivity index (χ0n) is 40.7. The van der Waals surface area contributed by atoms with Crippen molar-refractivity contribution in [3.05, 3.63) is 89.7 Å². The number of piperazine rings is 1. The van der Waals surface area contributed by atoms with Gasteiger partial charge in [0, 0.05) is 68.2 Å². The molecule has 5 aromatic rings. The highest BCUT2D eigenvalue weighted by Gasteiger charge is 2.45. The van der Waals surface area contributed by atoms with Crippen molar-refractivity contribution in [2.24, 2.45) is 5.41 Å². The molecule has 0 spiro atoms. The Kier molecular flexibility index (Phi) is 16.6. The number of carbonyl (C=O) groups excluding carboxylic acids is 3. The number of hydrogen-bond donors (Lipinski definition) is 5. The summed E-state index contributed by atoms with van der Waals surface area (Å²) in [6.07, 6.45) is 3.04. The number of ether oxygens (including phenoxy) is 4. The molecule has 3 amide bonds. The number of benzene rings is 2.